The minimum absolute atomic E-state index is 0. The van der Waals surface area contributed by atoms with Gasteiger partial charge in [0.15, 0.2) is 0 Å². The van der Waals surface area contributed by atoms with Crippen LogP contribution in [0.1, 0.15) is 0 Å². The molecule has 0 aliphatic rings. The molecule has 0 spiro atoms. The zero-order valence-corrected chi connectivity index (χ0v) is 17.0. The Balaban J connectivity index is 0.00000225. The van der Waals surface area contributed by atoms with Gasteiger partial charge in [0.05, 0.1) is 21.3 Å². The van der Waals surface area contributed by atoms with Crippen LogP contribution in [0.5, 0.6) is 0 Å². The highest BCUT2D eigenvalue weighted by Gasteiger charge is 2.16. The normalized spacial score (nSPS) is 10.8. The lowest BCUT2D eigenvalue weighted by atomic mass is 9.98. The second-order valence-electron chi connectivity index (χ2n) is 5.94. The maximum atomic E-state index is 14.5. The van der Waals surface area contributed by atoms with Crippen LogP contribution >= 0.6 is 34.8 Å². The molecular formula is C21H10Cl4F2N-. The van der Waals surface area contributed by atoms with Crippen LogP contribution in [0.4, 0.5) is 8.78 Å². The molecule has 0 aliphatic heterocycles. The molecule has 0 radical (unpaired) electrons. The van der Waals surface area contributed by atoms with Gasteiger partial charge in [0.2, 0.25) is 0 Å². The number of pyridine rings is 1. The number of benzene rings is 3. The topological polar surface area (TPSA) is 12.9 Å². The van der Waals surface area contributed by atoms with Crippen molar-refractivity contribution >= 4 is 45.7 Å². The number of hydrogen-bond donors (Lipinski definition) is 0. The largest absolute Gasteiger partial charge is 1.00 e. The van der Waals surface area contributed by atoms with Crippen molar-refractivity contribution < 1.29 is 21.2 Å². The molecule has 0 N–H and O–H groups in total. The molecule has 7 heteroatoms. The average Bonchev–Trinajstić information content (AvgIpc) is 2.64. The Bertz CT molecular complexity index is 1190. The Hall–Kier alpha value is -1.91. The molecule has 0 atom stereocenters. The van der Waals surface area contributed by atoms with Gasteiger partial charge in [0.1, 0.15) is 11.6 Å². The summed E-state index contributed by atoms with van der Waals surface area (Å²) in [6, 6.07) is 15.8. The van der Waals surface area contributed by atoms with Crippen molar-refractivity contribution in [3.63, 3.8) is 0 Å². The van der Waals surface area contributed by atoms with Crippen LogP contribution in [0.3, 0.4) is 0 Å². The summed E-state index contributed by atoms with van der Waals surface area (Å²) in [5.41, 5.74) is 2.33. The van der Waals surface area contributed by atoms with E-state index in [1.807, 2.05) is 0 Å². The Morgan fingerprint density at radius 2 is 1.43 bits per heavy atom. The number of hydrogen-bond acceptors (Lipinski definition) is 1. The third-order valence-electron chi connectivity index (χ3n) is 4.22. The molecule has 28 heavy (non-hydrogen) atoms. The molecule has 0 bridgehead atoms. The van der Waals surface area contributed by atoms with E-state index < -0.39 is 5.82 Å². The van der Waals surface area contributed by atoms with E-state index in [1.165, 1.54) is 18.2 Å². The predicted octanol–water partition coefficient (Wildman–Crippen LogP) is 4.81. The minimum Gasteiger partial charge on any atom is -1.00 e. The molecule has 0 saturated heterocycles. The van der Waals surface area contributed by atoms with E-state index in [0.717, 1.165) is 0 Å². The SMILES string of the molecule is Fc1cc(-c2cc(-c3ccccc3F)c3cc(Cl)ccc3n2)c(Cl)cc1Cl.[Cl-]. The van der Waals surface area contributed by atoms with Crippen LogP contribution < -0.4 is 12.4 Å². The van der Waals surface area contributed by atoms with Gasteiger partial charge in [-0.2, -0.15) is 0 Å². The van der Waals surface area contributed by atoms with Gasteiger partial charge in [-0.3, -0.25) is 0 Å². The van der Waals surface area contributed by atoms with Crippen molar-refractivity contribution in [1.29, 1.82) is 0 Å². The third kappa shape index (κ3) is 3.81. The molecule has 4 aromatic rings. The molecule has 142 valence electrons. The first kappa shape index (κ1) is 20.8. The first-order valence-electron chi connectivity index (χ1n) is 7.94. The van der Waals surface area contributed by atoms with Gasteiger partial charge in [0, 0.05) is 21.5 Å². The van der Waals surface area contributed by atoms with E-state index in [-0.39, 0.29) is 28.3 Å². The predicted molar refractivity (Wildman–Crippen MR) is 108 cm³/mol. The maximum Gasteiger partial charge on any atom is 0.142 e. The molecular weight excluding hydrogens is 446 g/mol. The van der Waals surface area contributed by atoms with Crippen molar-refractivity contribution in [3.8, 4) is 22.4 Å². The van der Waals surface area contributed by atoms with Gasteiger partial charge in [-0.1, -0.05) is 53.0 Å². The monoisotopic (exact) mass is 454 g/mol. The molecule has 1 aromatic heterocycles. The summed E-state index contributed by atoms with van der Waals surface area (Å²) in [7, 11) is 0. The summed E-state index contributed by atoms with van der Waals surface area (Å²) in [6.07, 6.45) is 0. The fraction of sp³-hybridized carbons (Fsp3) is 0. The maximum absolute atomic E-state index is 14.5. The summed E-state index contributed by atoms with van der Waals surface area (Å²) < 4.78 is 28.5. The Kier molecular flexibility index (Phi) is 6.11. The van der Waals surface area contributed by atoms with Crippen LogP contribution in [0, 0.1) is 11.6 Å². The molecule has 1 heterocycles. The number of fused-ring (bicyclic) bond motifs is 1. The van der Waals surface area contributed by atoms with E-state index in [9.17, 15) is 8.78 Å². The molecule has 0 amide bonds. The summed E-state index contributed by atoms with van der Waals surface area (Å²) in [5.74, 6) is -0.995. The Morgan fingerprint density at radius 3 is 2.18 bits per heavy atom. The zero-order valence-electron chi connectivity index (χ0n) is 14.0. The van der Waals surface area contributed by atoms with Crippen molar-refractivity contribution in [2.24, 2.45) is 0 Å². The van der Waals surface area contributed by atoms with Crippen LogP contribution in [0.25, 0.3) is 33.3 Å². The minimum atomic E-state index is -0.610. The van der Waals surface area contributed by atoms with Gasteiger partial charge >= 0.3 is 0 Å². The van der Waals surface area contributed by atoms with E-state index in [0.29, 0.717) is 38.3 Å². The molecule has 4 rings (SSSR count). The first-order chi connectivity index (χ1) is 12.9. The summed E-state index contributed by atoms with van der Waals surface area (Å²) in [4.78, 5) is 4.56. The van der Waals surface area contributed by atoms with Gasteiger partial charge < -0.3 is 12.4 Å². The third-order valence-corrected chi connectivity index (χ3v) is 5.06. The first-order valence-corrected chi connectivity index (χ1v) is 9.07. The van der Waals surface area contributed by atoms with Gasteiger partial charge in [0.25, 0.3) is 0 Å². The van der Waals surface area contributed by atoms with E-state index in [2.05, 4.69) is 4.98 Å². The average molecular weight is 456 g/mol. The molecule has 0 aliphatic carbocycles. The molecule has 0 saturated carbocycles. The quantitative estimate of drug-likeness (QED) is 0.395. The molecule has 1 nitrogen and oxygen atoms in total. The summed E-state index contributed by atoms with van der Waals surface area (Å²) >= 11 is 18.2. The van der Waals surface area contributed by atoms with Gasteiger partial charge in [-0.15, -0.1) is 0 Å². The molecule has 0 unspecified atom stereocenters. The second kappa shape index (κ2) is 8.22. The number of rotatable bonds is 2. The van der Waals surface area contributed by atoms with Gasteiger partial charge in [-0.25, -0.2) is 13.8 Å². The number of aromatic nitrogens is 1. The van der Waals surface area contributed by atoms with Crippen molar-refractivity contribution in [1.82, 2.24) is 4.98 Å². The van der Waals surface area contributed by atoms with E-state index in [4.69, 9.17) is 34.8 Å². The lowest BCUT2D eigenvalue weighted by molar-refractivity contribution is -0.00000616. The highest BCUT2D eigenvalue weighted by Crippen LogP contribution is 2.37. The summed E-state index contributed by atoms with van der Waals surface area (Å²) in [5, 5.41) is 1.36. The van der Waals surface area contributed by atoms with Crippen LogP contribution in [0.2, 0.25) is 15.1 Å². The number of nitrogens with zero attached hydrogens (tertiary/aromatic N) is 1. The highest BCUT2D eigenvalue weighted by molar-refractivity contribution is 6.36. The summed E-state index contributed by atoms with van der Waals surface area (Å²) in [6.45, 7) is 0. The van der Waals surface area contributed by atoms with E-state index >= 15 is 0 Å². The fourth-order valence-electron chi connectivity index (χ4n) is 2.96. The molecule has 3 aromatic carbocycles. The standard InChI is InChI=1S/C21H10Cl3F2N.ClH/c22-11-5-6-20-14(7-11)13(12-3-1-2-4-18(12)25)9-21(27-20)15-8-19(26)17(24)10-16(15)23;/h1-10H;1H/p-1. The van der Waals surface area contributed by atoms with Crippen LogP contribution in [-0.2, 0) is 0 Å². The Labute approximate surface area is 181 Å². The van der Waals surface area contributed by atoms with E-state index in [1.54, 1.807) is 42.5 Å². The van der Waals surface area contributed by atoms with Crippen LogP contribution in [-0.4, -0.2) is 4.98 Å². The smallest absolute Gasteiger partial charge is 0.142 e. The number of halogens is 6. The van der Waals surface area contributed by atoms with Crippen LogP contribution in [0.15, 0.2) is 60.7 Å². The Morgan fingerprint density at radius 1 is 0.679 bits per heavy atom. The van der Waals surface area contributed by atoms with Gasteiger partial charge in [-0.05, 0) is 48.0 Å². The lowest BCUT2D eigenvalue weighted by Crippen LogP contribution is -3.00. The highest BCUT2D eigenvalue weighted by atomic mass is 35.5. The van der Waals surface area contributed by atoms with Crippen molar-refractivity contribution in [3.05, 3.63) is 87.4 Å². The second-order valence-corrected chi connectivity index (χ2v) is 7.19. The zero-order chi connectivity index (χ0) is 19.1. The van der Waals surface area contributed by atoms with Crippen molar-refractivity contribution in [2.75, 3.05) is 0 Å². The van der Waals surface area contributed by atoms with Crippen molar-refractivity contribution in [2.45, 2.75) is 0 Å². The fourth-order valence-corrected chi connectivity index (χ4v) is 3.61. The molecule has 0 fully saturated rings. The lowest BCUT2D eigenvalue weighted by Gasteiger charge is -2.12.